The molecule has 0 bridgehead atoms. The number of halogens is 1. The Kier molecular flexibility index (Phi) is 3.25. The van der Waals surface area contributed by atoms with E-state index >= 15 is 0 Å². The van der Waals surface area contributed by atoms with Crippen LogP contribution in [0.2, 0.25) is 0 Å². The first-order valence-electron chi connectivity index (χ1n) is 8.06. The highest BCUT2D eigenvalue weighted by atomic mass is 32.1. The van der Waals surface area contributed by atoms with Crippen molar-refractivity contribution < 1.29 is 4.39 Å². The minimum atomic E-state index is -0.306. The maximum Gasteiger partial charge on any atom is 0.149 e. The predicted molar refractivity (Wildman–Crippen MR) is 102 cm³/mol. The Morgan fingerprint density at radius 3 is 2.80 bits per heavy atom. The fourth-order valence-corrected chi connectivity index (χ4v) is 4.40. The molecule has 120 valence electrons. The molecule has 0 atom stereocenters. The Morgan fingerprint density at radius 1 is 1.00 bits per heavy atom. The summed E-state index contributed by atoms with van der Waals surface area (Å²) in [6.45, 7) is 0.671. The second-order valence-electron chi connectivity index (χ2n) is 6.04. The van der Waals surface area contributed by atoms with E-state index in [4.69, 9.17) is 0 Å². The molecular formula is C21H13FN2S. The van der Waals surface area contributed by atoms with Crippen LogP contribution in [0.3, 0.4) is 0 Å². The molecule has 2 nitrogen and oxygen atoms in total. The van der Waals surface area contributed by atoms with E-state index in [1.54, 1.807) is 23.6 Å². The van der Waals surface area contributed by atoms with Gasteiger partial charge in [0.15, 0.2) is 0 Å². The van der Waals surface area contributed by atoms with Crippen LogP contribution in [0.4, 0.5) is 4.39 Å². The number of thiophene rings is 1. The smallest absolute Gasteiger partial charge is 0.149 e. The van der Waals surface area contributed by atoms with Crippen LogP contribution in [-0.2, 0) is 6.54 Å². The quantitative estimate of drug-likeness (QED) is 0.458. The monoisotopic (exact) mass is 344 g/mol. The summed E-state index contributed by atoms with van der Waals surface area (Å²) >= 11 is 1.75. The van der Waals surface area contributed by atoms with Gasteiger partial charge in [0.2, 0.25) is 0 Å². The van der Waals surface area contributed by atoms with E-state index in [2.05, 4.69) is 34.2 Å². The second-order valence-corrected chi connectivity index (χ2v) is 7.13. The van der Waals surface area contributed by atoms with Gasteiger partial charge in [-0.3, -0.25) is 9.98 Å². The van der Waals surface area contributed by atoms with Crippen molar-refractivity contribution in [2.75, 3.05) is 0 Å². The third kappa shape index (κ3) is 2.37. The highest BCUT2D eigenvalue weighted by Gasteiger charge is 2.18. The van der Waals surface area contributed by atoms with E-state index in [1.807, 2.05) is 24.4 Å². The minimum Gasteiger partial charge on any atom is -0.288 e. The molecule has 0 N–H and O–H groups in total. The zero-order valence-corrected chi connectivity index (χ0v) is 14.1. The van der Waals surface area contributed by atoms with Gasteiger partial charge in [0.25, 0.3) is 0 Å². The van der Waals surface area contributed by atoms with Crippen molar-refractivity contribution in [3.63, 3.8) is 0 Å². The van der Waals surface area contributed by atoms with E-state index in [0.29, 0.717) is 12.2 Å². The summed E-state index contributed by atoms with van der Waals surface area (Å²) in [7, 11) is 0. The number of hydrogen-bond acceptors (Lipinski definition) is 3. The lowest BCUT2D eigenvalue weighted by atomic mass is 9.96. The van der Waals surface area contributed by atoms with E-state index in [9.17, 15) is 4.39 Å². The number of aromatic nitrogens is 1. The molecule has 1 aliphatic rings. The molecule has 1 aliphatic heterocycles. The Hall–Kier alpha value is -2.85. The number of aliphatic imine (C=N–C) groups is 1. The standard InChI is InChI=1S/C21H13FN2S/c22-18-5-3-7-24-21(18)14-8-15-11-23-12-17(15)16(9-14)20-10-13-4-1-2-6-19(13)25-20/h1-11H,12H2. The van der Waals surface area contributed by atoms with Gasteiger partial charge in [0.05, 0.1) is 6.54 Å². The first kappa shape index (κ1) is 14.5. The molecule has 3 heterocycles. The van der Waals surface area contributed by atoms with Gasteiger partial charge in [-0.25, -0.2) is 4.39 Å². The van der Waals surface area contributed by atoms with Crippen LogP contribution >= 0.6 is 11.3 Å². The molecule has 5 rings (SSSR count). The number of rotatable bonds is 2. The van der Waals surface area contributed by atoms with Gasteiger partial charge in [-0.1, -0.05) is 18.2 Å². The molecule has 25 heavy (non-hydrogen) atoms. The number of hydrogen-bond donors (Lipinski definition) is 0. The molecule has 0 aliphatic carbocycles. The first-order valence-corrected chi connectivity index (χ1v) is 8.88. The van der Waals surface area contributed by atoms with Gasteiger partial charge >= 0.3 is 0 Å². The number of benzene rings is 2. The fourth-order valence-electron chi connectivity index (χ4n) is 3.29. The Balaban J connectivity index is 1.76. The SMILES string of the molecule is Fc1cccnc1-c1cc2c(c(-c3cc4ccccc4s3)c1)CN=C2. The summed E-state index contributed by atoms with van der Waals surface area (Å²) in [6.07, 6.45) is 3.50. The van der Waals surface area contributed by atoms with E-state index < -0.39 is 0 Å². The van der Waals surface area contributed by atoms with Crippen molar-refractivity contribution >= 4 is 27.6 Å². The minimum absolute atomic E-state index is 0.306. The molecular weight excluding hydrogens is 331 g/mol. The van der Waals surface area contributed by atoms with Crippen LogP contribution in [0.15, 0.2) is 65.8 Å². The largest absolute Gasteiger partial charge is 0.288 e. The van der Waals surface area contributed by atoms with Gasteiger partial charge in [-0.15, -0.1) is 11.3 Å². The van der Waals surface area contributed by atoms with Crippen LogP contribution in [0, 0.1) is 5.82 Å². The predicted octanol–water partition coefficient (Wildman–Crippen LogP) is 5.70. The van der Waals surface area contributed by atoms with Crippen molar-refractivity contribution in [2.24, 2.45) is 4.99 Å². The van der Waals surface area contributed by atoms with Crippen LogP contribution in [0.25, 0.3) is 31.8 Å². The summed E-state index contributed by atoms with van der Waals surface area (Å²) in [5, 5.41) is 1.23. The molecule has 4 aromatic rings. The third-order valence-electron chi connectivity index (χ3n) is 4.49. The highest BCUT2D eigenvalue weighted by Crippen LogP contribution is 2.39. The molecule has 0 radical (unpaired) electrons. The lowest BCUT2D eigenvalue weighted by Gasteiger charge is -2.10. The second kappa shape index (κ2) is 5.60. The first-order chi connectivity index (χ1) is 12.3. The van der Waals surface area contributed by atoms with Gasteiger partial charge in [-0.05, 0) is 58.5 Å². The summed E-state index contributed by atoms with van der Waals surface area (Å²) in [5.74, 6) is -0.306. The van der Waals surface area contributed by atoms with Gasteiger partial charge in [0, 0.05) is 27.6 Å². The number of fused-ring (bicyclic) bond motifs is 2. The zero-order valence-electron chi connectivity index (χ0n) is 13.2. The fraction of sp³-hybridized carbons (Fsp3) is 0.0476. The Bertz CT molecular complexity index is 1110. The summed E-state index contributed by atoms with van der Waals surface area (Å²) in [4.78, 5) is 9.83. The molecule has 0 amide bonds. The summed E-state index contributed by atoms with van der Waals surface area (Å²) < 4.78 is 15.5. The topological polar surface area (TPSA) is 25.2 Å². The number of pyridine rings is 1. The van der Waals surface area contributed by atoms with E-state index in [1.165, 1.54) is 26.6 Å². The Labute approximate surface area is 148 Å². The summed E-state index contributed by atoms with van der Waals surface area (Å²) in [6, 6.07) is 17.6. The van der Waals surface area contributed by atoms with Gasteiger partial charge in [0.1, 0.15) is 11.5 Å². The average Bonchev–Trinajstić information content (AvgIpc) is 3.27. The van der Waals surface area contributed by atoms with Crippen LogP contribution < -0.4 is 0 Å². The lowest BCUT2D eigenvalue weighted by Crippen LogP contribution is -1.94. The van der Waals surface area contributed by atoms with Crippen molar-refractivity contribution in [2.45, 2.75) is 6.54 Å². The van der Waals surface area contributed by atoms with Crippen LogP contribution in [-0.4, -0.2) is 11.2 Å². The van der Waals surface area contributed by atoms with Crippen molar-refractivity contribution in [1.82, 2.24) is 4.98 Å². The van der Waals surface area contributed by atoms with E-state index in [0.717, 1.165) is 16.7 Å². The maximum atomic E-state index is 14.2. The molecule has 0 saturated heterocycles. The van der Waals surface area contributed by atoms with Crippen molar-refractivity contribution in [3.05, 3.63) is 77.7 Å². The maximum absolute atomic E-state index is 14.2. The number of nitrogens with zero attached hydrogens (tertiary/aromatic N) is 2. The molecule has 2 aromatic heterocycles. The molecule has 0 fully saturated rings. The lowest BCUT2D eigenvalue weighted by molar-refractivity contribution is 0.626. The third-order valence-corrected chi connectivity index (χ3v) is 5.64. The zero-order chi connectivity index (χ0) is 16.8. The van der Waals surface area contributed by atoms with E-state index in [-0.39, 0.29) is 5.82 Å². The van der Waals surface area contributed by atoms with Crippen LogP contribution in [0.5, 0.6) is 0 Å². The summed E-state index contributed by atoms with van der Waals surface area (Å²) in [5.41, 5.74) is 4.54. The van der Waals surface area contributed by atoms with Gasteiger partial charge < -0.3 is 0 Å². The molecule has 2 aromatic carbocycles. The molecule has 0 unspecified atom stereocenters. The van der Waals surface area contributed by atoms with Crippen LogP contribution in [0.1, 0.15) is 11.1 Å². The van der Waals surface area contributed by atoms with Gasteiger partial charge in [-0.2, -0.15) is 0 Å². The van der Waals surface area contributed by atoms with Crippen molar-refractivity contribution in [1.29, 1.82) is 0 Å². The highest BCUT2D eigenvalue weighted by molar-refractivity contribution is 7.22. The van der Waals surface area contributed by atoms with Crippen molar-refractivity contribution in [3.8, 4) is 21.7 Å². The average molecular weight is 344 g/mol. The molecule has 0 spiro atoms. The normalized spacial score (nSPS) is 12.7. The molecule has 0 saturated carbocycles. The molecule has 4 heteroatoms. The Morgan fingerprint density at radius 2 is 1.92 bits per heavy atom.